The van der Waals surface area contributed by atoms with Crippen LogP contribution in [0.25, 0.3) is 0 Å². The fraction of sp³-hybridized carbons (Fsp3) is 1.00. The van der Waals surface area contributed by atoms with E-state index in [-0.39, 0.29) is 30.3 Å². The maximum atomic E-state index is 11.4. The van der Waals surface area contributed by atoms with Gasteiger partial charge in [-0.3, -0.25) is 0 Å². The molecular weight excluding hydrogens is 242 g/mol. The molecule has 0 bridgehead atoms. The molecule has 102 valence electrons. The van der Waals surface area contributed by atoms with E-state index in [1.807, 2.05) is 13.8 Å². The van der Waals surface area contributed by atoms with Gasteiger partial charge < -0.3 is 14.8 Å². The molecule has 0 radical (unpaired) electrons. The quantitative estimate of drug-likeness (QED) is 0.666. The molecule has 17 heavy (non-hydrogen) atoms. The van der Waals surface area contributed by atoms with E-state index in [1.54, 1.807) is 0 Å². The smallest absolute Gasteiger partial charge is 0.152 e. The first-order valence-electron chi connectivity index (χ1n) is 6.18. The van der Waals surface area contributed by atoms with Crippen molar-refractivity contribution in [2.75, 3.05) is 37.8 Å². The highest BCUT2D eigenvalue weighted by Crippen LogP contribution is 2.03. The third-order valence-electron chi connectivity index (χ3n) is 2.59. The lowest BCUT2D eigenvalue weighted by atomic mass is 10.2. The predicted octanol–water partition coefficient (Wildman–Crippen LogP) is 0.205. The molecule has 0 saturated carbocycles. The van der Waals surface area contributed by atoms with Crippen molar-refractivity contribution in [3.8, 4) is 0 Å². The molecule has 1 N–H and O–H groups in total. The maximum Gasteiger partial charge on any atom is 0.152 e. The van der Waals surface area contributed by atoms with E-state index in [4.69, 9.17) is 9.47 Å². The zero-order valence-corrected chi connectivity index (χ0v) is 11.5. The van der Waals surface area contributed by atoms with Crippen LogP contribution < -0.4 is 5.32 Å². The third kappa shape index (κ3) is 6.35. The first kappa shape index (κ1) is 14.9. The molecule has 1 heterocycles. The number of sulfone groups is 1. The fourth-order valence-corrected chi connectivity index (χ4v) is 2.98. The highest BCUT2D eigenvalue weighted by molar-refractivity contribution is 7.91. The minimum Gasteiger partial charge on any atom is -0.378 e. The molecule has 1 fully saturated rings. The van der Waals surface area contributed by atoms with Crippen LogP contribution in [0.5, 0.6) is 0 Å². The standard InChI is InChI=1S/C11H23NO4S/c1-3-5-17(13,14)6-4-15-9-11-8-12-7-10(2)16-11/h10-12H,3-9H2,1-2H3. The molecule has 0 aromatic carbocycles. The van der Waals surface area contributed by atoms with E-state index in [2.05, 4.69) is 5.32 Å². The largest absolute Gasteiger partial charge is 0.378 e. The Morgan fingerprint density at radius 1 is 1.35 bits per heavy atom. The van der Waals surface area contributed by atoms with Crippen molar-refractivity contribution in [1.82, 2.24) is 5.32 Å². The summed E-state index contributed by atoms with van der Waals surface area (Å²) in [5.74, 6) is 0.353. The molecule has 0 spiro atoms. The van der Waals surface area contributed by atoms with Crippen molar-refractivity contribution in [2.45, 2.75) is 32.5 Å². The molecule has 1 aliphatic heterocycles. The monoisotopic (exact) mass is 265 g/mol. The predicted molar refractivity (Wildman–Crippen MR) is 67.0 cm³/mol. The Bertz CT molecular complexity index is 305. The molecule has 2 atom stereocenters. The summed E-state index contributed by atoms with van der Waals surface area (Å²) >= 11 is 0. The van der Waals surface area contributed by atoms with Crippen LogP contribution in [0, 0.1) is 0 Å². The van der Waals surface area contributed by atoms with Gasteiger partial charge in [-0.2, -0.15) is 0 Å². The number of hydrogen-bond donors (Lipinski definition) is 1. The summed E-state index contributed by atoms with van der Waals surface area (Å²) in [4.78, 5) is 0. The number of ether oxygens (including phenoxy) is 2. The summed E-state index contributed by atoms with van der Waals surface area (Å²) in [5, 5.41) is 3.24. The van der Waals surface area contributed by atoms with Crippen LogP contribution in [0.3, 0.4) is 0 Å². The summed E-state index contributed by atoms with van der Waals surface area (Å²) in [6.45, 7) is 6.22. The number of nitrogens with one attached hydrogen (secondary N) is 1. The van der Waals surface area contributed by atoms with Gasteiger partial charge in [-0.15, -0.1) is 0 Å². The second-order valence-electron chi connectivity index (χ2n) is 4.45. The molecular formula is C11H23NO4S. The Kier molecular flexibility index (Phi) is 6.40. The molecule has 5 nitrogen and oxygen atoms in total. The molecule has 1 aliphatic rings. The Labute approximate surface area is 104 Å². The van der Waals surface area contributed by atoms with Crippen molar-refractivity contribution in [3.05, 3.63) is 0 Å². The average molecular weight is 265 g/mol. The summed E-state index contributed by atoms with van der Waals surface area (Å²) in [7, 11) is -2.93. The van der Waals surface area contributed by atoms with Gasteiger partial charge in [0.15, 0.2) is 9.84 Å². The molecule has 1 rings (SSSR count). The Balaban J connectivity index is 2.11. The lowest BCUT2D eigenvalue weighted by molar-refractivity contribution is -0.0665. The van der Waals surface area contributed by atoms with Crippen LogP contribution in [-0.4, -0.2) is 58.4 Å². The minimum absolute atomic E-state index is 0.0348. The van der Waals surface area contributed by atoms with Gasteiger partial charge in [0.1, 0.15) is 0 Å². The van der Waals surface area contributed by atoms with Crippen LogP contribution in [0.4, 0.5) is 0 Å². The second kappa shape index (κ2) is 7.31. The average Bonchev–Trinajstić information content (AvgIpc) is 2.24. The van der Waals surface area contributed by atoms with Crippen LogP contribution in [0.1, 0.15) is 20.3 Å². The lowest BCUT2D eigenvalue weighted by Crippen LogP contribution is -2.45. The molecule has 6 heteroatoms. The van der Waals surface area contributed by atoms with Crippen LogP contribution in [-0.2, 0) is 19.3 Å². The first-order valence-corrected chi connectivity index (χ1v) is 8.00. The highest BCUT2D eigenvalue weighted by atomic mass is 32.2. The minimum atomic E-state index is -2.93. The van der Waals surface area contributed by atoms with Crippen LogP contribution in [0.15, 0.2) is 0 Å². The van der Waals surface area contributed by atoms with E-state index in [0.29, 0.717) is 13.0 Å². The van der Waals surface area contributed by atoms with E-state index >= 15 is 0 Å². The van der Waals surface area contributed by atoms with Crippen LogP contribution in [0.2, 0.25) is 0 Å². The first-order chi connectivity index (χ1) is 8.03. The molecule has 0 aliphatic carbocycles. The number of rotatable bonds is 7. The number of morpholine rings is 1. The van der Waals surface area contributed by atoms with Crippen molar-refractivity contribution >= 4 is 9.84 Å². The van der Waals surface area contributed by atoms with Gasteiger partial charge in [-0.25, -0.2) is 8.42 Å². The van der Waals surface area contributed by atoms with Crippen molar-refractivity contribution in [2.24, 2.45) is 0 Å². The van der Waals surface area contributed by atoms with Gasteiger partial charge in [0.2, 0.25) is 0 Å². The van der Waals surface area contributed by atoms with Crippen molar-refractivity contribution in [3.63, 3.8) is 0 Å². The zero-order chi connectivity index (χ0) is 12.7. The van der Waals surface area contributed by atoms with Crippen molar-refractivity contribution < 1.29 is 17.9 Å². The molecule has 2 unspecified atom stereocenters. The second-order valence-corrected chi connectivity index (χ2v) is 6.76. The van der Waals surface area contributed by atoms with Crippen molar-refractivity contribution in [1.29, 1.82) is 0 Å². The molecule has 1 saturated heterocycles. The van der Waals surface area contributed by atoms with Gasteiger partial charge in [0.25, 0.3) is 0 Å². The summed E-state index contributed by atoms with van der Waals surface area (Å²) in [5.41, 5.74) is 0. The van der Waals surface area contributed by atoms with E-state index < -0.39 is 9.84 Å². The highest BCUT2D eigenvalue weighted by Gasteiger charge is 2.19. The Morgan fingerprint density at radius 3 is 2.76 bits per heavy atom. The molecule has 0 amide bonds. The topological polar surface area (TPSA) is 64.6 Å². The normalized spacial score (nSPS) is 26.0. The molecule has 0 aromatic rings. The molecule has 0 aromatic heterocycles. The summed E-state index contributed by atoms with van der Waals surface area (Å²) in [6, 6.07) is 0. The van der Waals surface area contributed by atoms with Crippen LogP contribution >= 0.6 is 0 Å². The fourth-order valence-electron chi connectivity index (χ4n) is 1.78. The van der Waals surface area contributed by atoms with E-state index in [9.17, 15) is 8.42 Å². The van der Waals surface area contributed by atoms with Gasteiger partial charge in [0.05, 0.1) is 31.2 Å². The van der Waals surface area contributed by atoms with E-state index in [1.165, 1.54) is 0 Å². The maximum absolute atomic E-state index is 11.4. The lowest BCUT2D eigenvalue weighted by Gasteiger charge is -2.28. The van der Waals surface area contributed by atoms with Gasteiger partial charge >= 0.3 is 0 Å². The van der Waals surface area contributed by atoms with Gasteiger partial charge in [0, 0.05) is 18.8 Å². The summed E-state index contributed by atoms with van der Waals surface area (Å²) < 4.78 is 33.8. The van der Waals surface area contributed by atoms with Gasteiger partial charge in [-0.05, 0) is 13.3 Å². The number of hydrogen-bond acceptors (Lipinski definition) is 5. The Morgan fingerprint density at radius 2 is 2.12 bits per heavy atom. The SMILES string of the molecule is CCCS(=O)(=O)CCOCC1CNCC(C)O1. The Hall–Kier alpha value is -0.170. The van der Waals surface area contributed by atoms with Gasteiger partial charge in [-0.1, -0.05) is 6.92 Å². The summed E-state index contributed by atoms with van der Waals surface area (Å²) in [6.07, 6.45) is 0.893. The third-order valence-corrected chi connectivity index (χ3v) is 4.41. The van der Waals surface area contributed by atoms with E-state index in [0.717, 1.165) is 13.1 Å². The zero-order valence-electron chi connectivity index (χ0n) is 10.6.